The van der Waals surface area contributed by atoms with Crippen molar-refractivity contribution in [3.63, 3.8) is 0 Å². The first kappa shape index (κ1) is 19.7. The summed E-state index contributed by atoms with van der Waals surface area (Å²) < 4.78 is 0. The van der Waals surface area contributed by atoms with E-state index in [0.29, 0.717) is 0 Å². The van der Waals surface area contributed by atoms with Crippen LogP contribution in [-0.4, -0.2) is 102 Å². The molecule has 0 amide bonds. The molecule has 1 fully saturated rings. The van der Waals surface area contributed by atoms with Crippen LogP contribution in [0, 0.1) is 11.8 Å². The summed E-state index contributed by atoms with van der Waals surface area (Å²) in [5, 5.41) is 85.3. The number of hydrogen-bond donors (Lipinski definition) is 9. The molecule has 9 heteroatoms. The van der Waals surface area contributed by atoms with E-state index in [2.05, 4.69) is 0 Å². The zero-order valence-corrected chi connectivity index (χ0v) is 12.0. The highest BCUT2D eigenvalue weighted by Crippen LogP contribution is 2.36. The first-order valence-corrected chi connectivity index (χ1v) is 7.22. The SMILES string of the molecule is OC[C@H](O)[C@@H](O)[C@@H](O)[C@H](O)[C@H](O)CC1C[C@@H](O)[C@H](O)[C@H]1CO. The molecule has 1 unspecified atom stereocenters. The minimum absolute atomic E-state index is 0.119. The molecule has 0 aromatic rings. The molecular formula is C13H26O9. The molecule has 0 bridgehead atoms. The summed E-state index contributed by atoms with van der Waals surface area (Å²) in [5.74, 6) is -1.14. The normalized spacial score (nSPS) is 35.9. The van der Waals surface area contributed by atoms with E-state index in [1.165, 1.54) is 0 Å². The second-order valence-electron chi connectivity index (χ2n) is 5.92. The summed E-state index contributed by atoms with van der Waals surface area (Å²) in [6.45, 7) is -1.23. The van der Waals surface area contributed by atoms with Gasteiger partial charge in [-0.2, -0.15) is 0 Å². The van der Waals surface area contributed by atoms with Crippen molar-refractivity contribution in [2.75, 3.05) is 13.2 Å². The second kappa shape index (κ2) is 8.48. The van der Waals surface area contributed by atoms with Crippen molar-refractivity contribution in [3.05, 3.63) is 0 Å². The Morgan fingerprint density at radius 1 is 0.818 bits per heavy atom. The predicted octanol–water partition coefficient (Wildman–Crippen LogP) is -4.48. The van der Waals surface area contributed by atoms with E-state index in [4.69, 9.17) is 5.11 Å². The molecule has 9 N–H and O–H groups in total. The molecule has 0 radical (unpaired) electrons. The maximum Gasteiger partial charge on any atom is 0.111 e. The molecule has 0 aromatic carbocycles. The average Bonchev–Trinajstić information content (AvgIpc) is 2.77. The Bertz CT molecular complexity index is 329. The first-order valence-electron chi connectivity index (χ1n) is 7.22. The van der Waals surface area contributed by atoms with Gasteiger partial charge in [0.2, 0.25) is 0 Å². The Balaban J connectivity index is 2.62. The quantitative estimate of drug-likeness (QED) is 0.212. The summed E-state index contributed by atoms with van der Waals surface area (Å²) in [6, 6.07) is 0. The standard InChI is InChI=1S/C13H26O9/c14-3-6-5(1-7(16)10(6)19)2-8(17)11(20)13(22)12(21)9(18)4-15/h5-22H,1-4H2/t5?,6-,7+,8+,9-,10+,11+,12+,13-/m0/s1. The molecule has 0 aromatic heterocycles. The van der Waals surface area contributed by atoms with Crippen molar-refractivity contribution in [2.45, 2.75) is 55.6 Å². The average molecular weight is 326 g/mol. The lowest BCUT2D eigenvalue weighted by molar-refractivity contribution is -0.143. The summed E-state index contributed by atoms with van der Waals surface area (Å²) in [6.07, 6.45) is -10.9. The monoisotopic (exact) mass is 326 g/mol. The molecule has 9 nitrogen and oxygen atoms in total. The fourth-order valence-electron chi connectivity index (χ4n) is 2.93. The van der Waals surface area contributed by atoms with Crippen LogP contribution in [0.1, 0.15) is 12.8 Å². The highest BCUT2D eigenvalue weighted by atomic mass is 16.4. The van der Waals surface area contributed by atoms with Crippen LogP contribution in [-0.2, 0) is 0 Å². The zero-order valence-electron chi connectivity index (χ0n) is 12.0. The topological polar surface area (TPSA) is 182 Å². The highest BCUT2D eigenvalue weighted by molar-refractivity contribution is 4.93. The largest absolute Gasteiger partial charge is 0.396 e. The van der Waals surface area contributed by atoms with Crippen LogP contribution in [0.2, 0.25) is 0 Å². The van der Waals surface area contributed by atoms with E-state index >= 15 is 0 Å². The van der Waals surface area contributed by atoms with Crippen LogP contribution in [0.5, 0.6) is 0 Å². The lowest BCUT2D eigenvalue weighted by atomic mass is 9.87. The van der Waals surface area contributed by atoms with Gasteiger partial charge in [-0.15, -0.1) is 0 Å². The molecule has 1 aliphatic rings. The third-order valence-corrected chi connectivity index (χ3v) is 4.41. The fourth-order valence-corrected chi connectivity index (χ4v) is 2.93. The van der Waals surface area contributed by atoms with Crippen LogP contribution in [0.4, 0.5) is 0 Å². The van der Waals surface area contributed by atoms with Gasteiger partial charge in [-0.3, -0.25) is 0 Å². The molecule has 22 heavy (non-hydrogen) atoms. The number of rotatable bonds is 8. The Labute approximate surface area is 127 Å². The van der Waals surface area contributed by atoms with Gasteiger partial charge in [-0.1, -0.05) is 0 Å². The molecule has 1 aliphatic carbocycles. The minimum atomic E-state index is -1.89. The van der Waals surface area contributed by atoms with Gasteiger partial charge in [0.1, 0.15) is 24.4 Å². The summed E-state index contributed by atoms with van der Waals surface area (Å²) in [4.78, 5) is 0. The van der Waals surface area contributed by atoms with Crippen LogP contribution < -0.4 is 0 Å². The maximum atomic E-state index is 9.93. The summed E-state index contributed by atoms with van der Waals surface area (Å²) in [7, 11) is 0. The van der Waals surface area contributed by atoms with E-state index in [1.54, 1.807) is 0 Å². The van der Waals surface area contributed by atoms with Gasteiger partial charge in [-0.05, 0) is 18.8 Å². The van der Waals surface area contributed by atoms with E-state index in [0.717, 1.165) is 0 Å². The van der Waals surface area contributed by atoms with Gasteiger partial charge in [0.15, 0.2) is 0 Å². The molecule has 1 saturated carbocycles. The Morgan fingerprint density at radius 2 is 1.36 bits per heavy atom. The lowest BCUT2D eigenvalue weighted by Gasteiger charge is -2.30. The van der Waals surface area contributed by atoms with Gasteiger partial charge < -0.3 is 46.0 Å². The molecule has 0 saturated heterocycles. The van der Waals surface area contributed by atoms with Gasteiger partial charge >= 0.3 is 0 Å². The lowest BCUT2D eigenvalue weighted by Crippen LogP contribution is -2.50. The third kappa shape index (κ3) is 4.34. The minimum Gasteiger partial charge on any atom is -0.396 e. The van der Waals surface area contributed by atoms with Gasteiger partial charge in [0, 0.05) is 12.5 Å². The van der Waals surface area contributed by atoms with Gasteiger partial charge in [-0.25, -0.2) is 0 Å². The van der Waals surface area contributed by atoms with Crippen LogP contribution in [0.15, 0.2) is 0 Å². The molecular weight excluding hydrogens is 300 g/mol. The third-order valence-electron chi connectivity index (χ3n) is 4.41. The van der Waals surface area contributed by atoms with E-state index < -0.39 is 67.8 Å². The molecule has 0 spiro atoms. The van der Waals surface area contributed by atoms with Crippen molar-refractivity contribution in [1.29, 1.82) is 0 Å². The van der Waals surface area contributed by atoms with Crippen LogP contribution >= 0.6 is 0 Å². The second-order valence-corrected chi connectivity index (χ2v) is 5.92. The van der Waals surface area contributed by atoms with E-state index in [-0.39, 0.29) is 12.8 Å². The first-order chi connectivity index (χ1) is 10.2. The molecule has 9 atom stereocenters. The van der Waals surface area contributed by atoms with Crippen molar-refractivity contribution in [3.8, 4) is 0 Å². The molecule has 132 valence electrons. The van der Waals surface area contributed by atoms with Crippen molar-refractivity contribution in [2.24, 2.45) is 11.8 Å². The molecule has 0 aliphatic heterocycles. The summed E-state index contributed by atoms with van der Waals surface area (Å²) >= 11 is 0. The Morgan fingerprint density at radius 3 is 1.86 bits per heavy atom. The number of aliphatic hydroxyl groups is 9. The maximum absolute atomic E-state index is 9.93. The molecule has 1 rings (SSSR count). The van der Waals surface area contributed by atoms with Crippen LogP contribution in [0.3, 0.4) is 0 Å². The van der Waals surface area contributed by atoms with Crippen molar-refractivity contribution < 1.29 is 46.0 Å². The van der Waals surface area contributed by atoms with Crippen LogP contribution in [0.25, 0.3) is 0 Å². The predicted molar refractivity (Wildman–Crippen MR) is 72.4 cm³/mol. The highest BCUT2D eigenvalue weighted by Gasteiger charge is 2.43. The Kier molecular flexibility index (Phi) is 7.59. The van der Waals surface area contributed by atoms with Crippen molar-refractivity contribution in [1.82, 2.24) is 0 Å². The van der Waals surface area contributed by atoms with E-state index in [1.807, 2.05) is 0 Å². The molecule has 0 heterocycles. The zero-order chi connectivity index (χ0) is 17.0. The fraction of sp³-hybridized carbons (Fsp3) is 1.00. The van der Waals surface area contributed by atoms with Gasteiger partial charge in [0.25, 0.3) is 0 Å². The van der Waals surface area contributed by atoms with Crippen molar-refractivity contribution >= 4 is 0 Å². The van der Waals surface area contributed by atoms with E-state index in [9.17, 15) is 40.9 Å². The smallest absolute Gasteiger partial charge is 0.111 e. The Hall–Kier alpha value is -0.360. The number of hydrogen-bond acceptors (Lipinski definition) is 9. The summed E-state index contributed by atoms with van der Waals surface area (Å²) in [5.41, 5.74) is 0. The van der Waals surface area contributed by atoms with Gasteiger partial charge in [0.05, 0.1) is 24.9 Å². The number of aliphatic hydroxyl groups excluding tert-OH is 9.